The highest BCUT2D eigenvalue weighted by Crippen LogP contribution is 2.10. The number of carbonyl (C=O) groups is 1. The minimum Gasteiger partial charge on any atom is -0.491 e. The van der Waals surface area contributed by atoms with Crippen molar-refractivity contribution in [2.45, 2.75) is 0 Å². The van der Waals surface area contributed by atoms with Gasteiger partial charge in [-0.2, -0.15) is 0 Å². The molecule has 7 heteroatoms. The van der Waals surface area contributed by atoms with E-state index in [1.54, 1.807) is 24.3 Å². The van der Waals surface area contributed by atoms with E-state index in [1.807, 2.05) is 14.1 Å². The number of carbonyl (C=O) groups excluding carboxylic acids is 1. The molecule has 0 aliphatic carbocycles. The molecule has 0 spiro atoms. The fourth-order valence-corrected chi connectivity index (χ4v) is 1.87. The Balaban J connectivity index is 1.78. The number of rotatable bonds is 17. The predicted molar refractivity (Wildman–Crippen MR) is 99.2 cm³/mol. The third-order valence-corrected chi connectivity index (χ3v) is 3.31. The molecule has 0 saturated heterocycles. The first-order valence-corrected chi connectivity index (χ1v) is 8.86. The van der Waals surface area contributed by atoms with Gasteiger partial charge in [-0.3, -0.25) is 4.79 Å². The van der Waals surface area contributed by atoms with Gasteiger partial charge in [0.1, 0.15) is 18.6 Å². The molecule has 0 radical (unpaired) electrons. The molecule has 0 atom stereocenters. The first kappa shape index (κ1) is 22.5. The Hall–Kier alpha value is -1.51. The van der Waals surface area contributed by atoms with E-state index in [0.717, 1.165) is 25.2 Å². The summed E-state index contributed by atoms with van der Waals surface area (Å²) >= 11 is 0. The van der Waals surface area contributed by atoms with Crippen LogP contribution >= 0.6 is 0 Å². The van der Waals surface area contributed by atoms with Crippen LogP contribution in [0, 0.1) is 0 Å². The number of ether oxygens (including phenoxy) is 5. The average Bonchev–Trinajstić information content (AvgIpc) is 2.65. The highest BCUT2D eigenvalue weighted by atomic mass is 16.6. The van der Waals surface area contributed by atoms with Crippen LogP contribution in [0.25, 0.3) is 0 Å². The second-order valence-corrected chi connectivity index (χ2v) is 5.79. The van der Waals surface area contributed by atoms with E-state index in [0.29, 0.717) is 58.4 Å². The van der Waals surface area contributed by atoms with Crippen LogP contribution in [-0.4, -0.2) is 91.3 Å². The first-order chi connectivity index (χ1) is 12.7. The van der Waals surface area contributed by atoms with Crippen LogP contribution in [0.1, 0.15) is 10.4 Å². The third-order valence-electron chi connectivity index (χ3n) is 3.31. The molecule has 7 nitrogen and oxygen atoms in total. The summed E-state index contributed by atoms with van der Waals surface area (Å²) in [7, 11) is 4.03. The number of nitrogens with zero attached hydrogens (tertiary/aromatic N) is 1. The summed E-state index contributed by atoms with van der Waals surface area (Å²) in [5, 5.41) is 0. The van der Waals surface area contributed by atoms with Gasteiger partial charge in [-0.25, -0.2) is 0 Å². The van der Waals surface area contributed by atoms with Crippen molar-refractivity contribution in [3.05, 3.63) is 29.8 Å². The quantitative estimate of drug-likeness (QED) is 0.305. The van der Waals surface area contributed by atoms with Crippen molar-refractivity contribution in [1.82, 2.24) is 4.90 Å². The van der Waals surface area contributed by atoms with Crippen LogP contribution in [0.2, 0.25) is 0 Å². The molecule has 0 aliphatic heterocycles. The summed E-state index contributed by atoms with van der Waals surface area (Å²) in [6, 6.07) is 6.96. The molecule has 0 saturated carbocycles. The van der Waals surface area contributed by atoms with Gasteiger partial charge in [-0.1, -0.05) is 0 Å². The average molecular weight is 369 g/mol. The fraction of sp³-hybridized carbons (Fsp3) is 0.632. The van der Waals surface area contributed by atoms with E-state index in [2.05, 4.69) is 4.90 Å². The zero-order chi connectivity index (χ0) is 18.9. The minimum absolute atomic E-state index is 0.456. The molecule has 0 heterocycles. The van der Waals surface area contributed by atoms with Crippen molar-refractivity contribution in [2.75, 3.05) is 80.1 Å². The second-order valence-electron chi connectivity index (χ2n) is 5.79. The highest BCUT2D eigenvalue weighted by Gasteiger charge is 1.96. The number of aldehydes is 1. The van der Waals surface area contributed by atoms with Crippen LogP contribution in [0.4, 0.5) is 0 Å². The van der Waals surface area contributed by atoms with E-state index < -0.39 is 0 Å². The molecule has 1 aromatic carbocycles. The van der Waals surface area contributed by atoms with Crippen molar-refractivity contribution in [3.63, 3.8) is 0 Å². The van der Waals surface area contributed by atoms with Gasteiger partial charge in [0.05, 0.1) is 52.9 Å². The standard InChI is InChI=1S/C19H31NO6/c1-20(2)7-8-22-9-10-23-11-12-24-13-14-25-15-16-26-19-5-3-18(17-21)4-6-19/h3-6,17H,7-16H2,1-2H3. The van der Waals surface area contributed by atoms with Crippen LogP contribution in [0.5, 0.6) is 5.75 Å². The van der Waals surface area contributed by atoms with Crippen molar-refractivity contribution >= 4 is 6.29 Å². The van der Waals surface area contributed by atoms with E-state index in [-0.39, 0.29) is 0 Å². The molecule has 0 aliphatic rings. The first-order valence-electron chi connectivity index (χ1n) is 8.86. The number of hydrogen-bond donors (Lipinski definition) is 0. The van der Waals surface area contributed by atoms with E-state index in [1.165, 1.54) is 0 Å². The van der Waals surface area contributed by atoms with E-state index in [4.69, 9.17) is 23.7 Å². The van der Waals surface area contributed by atoms with Gasteiger partial charge in [0.15, 0.2) is 0 Å². The summed E-state index contributed by atoms with van der Waals surface area (Å²) in [5.74, 6) is 0.721. The SMILES string of the molecule is CN(C)CCOCCOCCOCCOCCOc1ccc(C=O)cc1. The number of hydrogen-bond acceptors (Lipinski definition) is 7. The normalized spacial score (nSPS) is 11.0. The van der Waals surface area contributed by atoms with Crippen molar-refractivity contribution < 1.29 is 28.5 Å². The van der Waals surface area contributed by atoms with Crippen molar-refractivity contribution in [2.24, 2.45) is 0 Å². The molecule has 1 rings (SSSR count). The highest BCUT2D eigenvalue weighted by molar-refractivity contribution is 5.74. The Morgan fingerprint density at radius 2 is 1.19 bits per heavy atom. The lowest BCUT2D eigenvalue weighted by atomic mass is 10.2. The lowest BCUT2D eigenvalue weighted by Crippen LogP contribution is -2.19. The molecule has 0 bridgehead atoms. The molecule has 1 aromatic rings. The summed E-state index contributed by atoms with van der Waals surface area (Å²) < 4.78 is 27.2. The maximum Gasteiger partial charge on any atom is 0.150 e. The summed E-state index contributed by atoms with van der Waals surface area (Å²) in [4.78, 5) is 12.6. The molecule has 0 N–H and O–H groups in total. The zero-order valence-electron chi connectivity index (χ0n) is 15.9. The second kappa shape index (κ2) is 15.7. The molecular formula is C19H31NO6. The molecule has 0 aromatic heterocycles. The van der Waals surface area contributed by atoms with Gasteiger partial charge in [-0.05, 0) is 38.4 Å². The summed E-state index contributed by atoms with van der Waals surface area (Å²) in [6.45, 7) is 5.90. The third kappa shape index (κ3) is 12.8. The molecule has 148 valence electrons. The monoisotopic (exact) mass is 369 g/mol. The van der Waals surface area contributed by atoms with Gasteiger partial charge in [-0.15, -0.1) is 0 Å². The minimum atomic E-state index is 0.456. The van der Waals surface area contributed by atoms with Gasteiger partial charge < -0.3 is 28.6 Å². The zero-order valence-corrected chi connectivity index (χ0v) is 15.9. The van der Waals surface area contributed by atoms with Crippen LogP contribution in [-0.2, 0) is 18.9 Å². The fourth-order valence-electron chi connectivity index (χ4n) is 1.87. The maximum atomic E-state index is 10.5. The molecule has 26 heavy (non-hydrogen) atoms. The lowest BCUT2D eigenvalue weighted by Gasteiger charge is -2.10. The Labute approximate surface area is 156 Å². The molecule has 0 fully saturated rings. The van der Waals surface area contributed by atoms with Gasteiger partial charge in [0.25, 0.3) is 0 Å². The summed E-state index contributed by atoms with van der Waals surface area (Å²) in [6.07, 6.45) is 0.804. The number of benzene rings is 1. The van der Waals surface area contributed by atoms with Crippen LogP contribution in [0.15, 0.2) is 24.3 Å². The van der Waals surface area contributed by atoms with E-state index in [9.17, 15) is 4.79 Å². The molecule has 0 amide bonds. The van der Waals surface area contributed by atoms with Gasteiger partial charge >= 0.3 is 0 Å². The predicted octanol–water partition coefficient (Wildman–Crippen LogP) is 1.51. The Morgan fingerprint density at radius 3 is 1.65 bits per heavy atom. The van der Waals surface area contributed by atoms with Crippen molar-refractivity contribution in [3.8, 4) is 5.75 Å². The Kier molecular flexibility index (Phi) is 13.6. The van der Waals surface area contributed by atoms with E-state index >= 15 is 0 Å². The van der Waals surface area contributed by atoms with Gasteiger partial charge in [0, 0.05) is 12.1 Å². The molecular weight excluding hydrogens is 338 g/mol. The largest absolute Gasteiger partial charge is 0.491 e. The van der Waals surface area contributed by atoms with Crippen LogP contribution in [0.3, 0.4) is 0 Å². The smallest absolute Gasteiger partial charge is 0.150 e. The topological polar surface area (TPSA) is 66.5 Å². The summed E-state index contributed by atoms with van der Waals surface area (Å²) in [5.41, 5.74) is 0.631. The lowest BCUT2D eigenvalue weighted by molar-refractivity contribution is -0.00554. The Morgan fingerprint density at radius 1 is 0.731 bits per heavy atom. The Bertz CT molecular complexity index is 452. The van der Waals surface area contributed by atoms with Crippen LogP contribution < -0.4 is 4.74 Å². The molecule has 0 unspecified atom stereocenters. The maximum absolute atomic E-state index is 10.5. The van der Waals surface area contributed by atoms with Gasteiger partial charge in [0.2, 0.25) is 0 Å². The van der Waals surface area contributed by atoms with Crippen molar-refractivity contribution in [1.29, 1.82) is 0 Å². The number of likely N-dealkylation sites (N-methyl/N-ethyl adjacent to an activating group) is 1.